The molecule has 0 saturated heterocycles. The normalized spacial score (nSPS) is 12.2. The molecule has 0 spiro atoms. The zero-order valence-corrected chi connectivity index (χ0v) is 32.8. The molecule has 278 valence electrons. The highest BCUT2D eigenvalue weighted by atomic mass is 15.1. The molecule has 0 fully saturated rings. The van der Waals surface area contributed by atoms with Crippen molar-refractivity contribution in [3.63, 3.8) is 0 Å². The van der Waals surface area contributed by atoms with Crippen LogP contribution in [0.15, 0.2) is 224 Å². The number of para-hydroxylation sites is 1. The Labute approximate surface area is 350 Å². The third-order valence-electron chi connectivity index (χ3n) is 11.9. The molecule has 0 radical (unpaired) electrons. The number of nitrogens with zero attached hydrogens (tertiary/aromatic N) is 1. The molecule has 0 saturated carbocycles. The fraction of sp³-hybridized carbons (Fsp3) is 0.0169. The smallest absolute Gasteiger partial charge is 0.0714 e. The maximum atomic E-state index is 3.43. The van der Waals surface area contributed by atoms with Gasteiger partial charge in [-0.05, 0) is 128 Å². The second-order valence-electron chi connectivity index (χ2n) is 15.4. The second kappa shape index (κ2) is 14.7. The van der Waals surface area contributed by atoms with Gasteiger partial charge in [0.05, 0.1) is 11.1 Å². The summed E-state index contributed by atoms with van der Waals surface area (Å²) in [6.07, 6.45) is 0. The van der Waals surface area contributed by atoms with Crippen LogP contribution in [-0.4, -0.2) is 0 Å². The molecule has 0 atom stereocenters. The fourth-order valence-electron chi connectivity index (χ4n) is 9.24. The Morgan fingerprint density at radius 3 is 1.43 bits per heavy atom. The Balaban J connectivity index is 1.17. The van der Waals surface area contributed by atoms with Crippen molar-refractivity contribution < 1.29 is 0 Å². The van der Waals surface area contributed by atoms with Crippen molar-refractivity contribution in [3.8, 4) is 23.7 Å². The first-order valence-electron chi connectivity index (χ1n) is 20.4. The summed E-state index contributed by atoms with van der Waals surface area (Å²) in [7, 11) is 0. The maximum absolute atomic E-state index is 3.43. The summed E-state index contributed by atoms with van der Waals surface area (Å²) in [5, 5.41) is 7.44. The van der Waals surface area contributed by atoms with Crippen LogP contribution >= 0.6 is 0 Å². The van der Waals surface area contributed by atoms with E-state index in [0.29, 0.717) is 0 Å². The Kier molecular flexibility index (Phi) is 8.59. The first-order chi connectivity index (χ1) is 29.7. The van der Waals surface area contributed by atoms with Gasteiger partial charge in [-0.3, -0.25) is 0 Å². The molecule has 1 aliphatic carbocycles. The number of hydrogen-bond donors (Lipinski definition) is 0. The summed E-state index contributed by atoms with van der Waals surface area (Å²) in [6.45, 7) is 0. The summed E-state index contributed by atoms with van der Waals surface area (Å²) in [5.41, 5.74) is 11.6. The first-order valence-corrected chi connectivity index (χ1v) is 20.4. The third kappa shape index (κ3) is 5.93. The minimum Gasteiger partial charge on any atom is -0.310 e. The molecule has 1 heteroatoms. The topological polar surface area (TPSA) is 3.24 Å². The van der Waals surface area contributed by atoms with Gasteiger partial charge in [0.1, 0.15) is 0 Å². The minimum atomic E-state index is -0.644. The predicted molar refractivity (Wildman–Crippen MR) is 250 cm³/mol. The standard InChI is InChI=1S/C59H37N/c1-4-14-42(15-5-1)26-28-44-30-36-49(37-31-44)59(50-38-32-45(33-39-50)29-27-43-16-6-2-7-17-43)54-24-12-20-47-34-35-48-40-52(41-55(59)58(48)57(47)54)60(51-21-8-3-9-22-51)56-25-13-19-46-18-10-11-23-53(46)56/h1-25,30-41H. The van der Waals surface area contributed by atoms with Gasteiger partial charge >= 0.3 is 0 Å². The van der Waals surface area contributed by atoms with Crippen LogP contribution in [0.5, 0.6) is 0 Å². The highest BCUT2D eigenvalue weighted by molar-refractivity contribution is 6.17. The van der Waals surface area contributed by atoms with Gasteiger partial charge in [0.2, 0.25) is 0 Å². The lowest BCUT2D eigenvalue weighted by Gasteiger charge is -2.35. The Morgan fingerprint density at radius 2 is 0.800 bits per heavy atom. The van der Waals surface area contributed by atoms with Crippen LogP contribution in [0.4, 0.5) is 17.1 Å². The summed E-state index contributed by atoms with van der Waals surface area (Å²) < 4.78 is 0. The molecule has 0 aliphatic heterocycles. The number of benzene rings is 10. The van der Waals surface area contributed by atoms with E-state index in [1.807, 2.05) is 36.4 Å². The number of hydrogen-bond acceptors (Lipinski definition) is 1. The van der Waals surface area contributed by atoms with Crippen LogP contribution in [-0.2, 0) is 5.41 Å². The Morgan fingerprint density at radius 1 is 0.317 bits per heavy atom. The van der Waals surface area contributed by atoms with Crippen LogP contribution in [0, 0.1) is 23.7 Å². The average Bonchev–Trinajstić information content (AvgIpc) is 3.62. The molecular weight excluding hydrogens is 723 g/mol. The van der Waals surface area contributed by atoms with Crippen molar-refractivity contribution in [2.45, 2.75) is 5.41 Å². The van der Waals surface area contributed by atoms with Gasteiger partial charge in [-0.15, -0.1) is 0 Å². The number of rotatable bonds is 5. The zero-order valence-electron chi connectivity index (χ0n) is 32.8. The van der Waals surface area contributed by atoms with E-state index in [4.69, 9.17) is 0 Å². The highest BCUT2D eigenvalue weighted by Crippen LogP contribution is 2.57. The monoisotopic (exact) mass is 759 g/mol. The van der Waals surface area contributed by atoms with Gasteiger partial charge in [0.15, 0.2) is 0 Å². The van der Waals surface area contributed by atoms with Crippen LogP contribution in [0.1, 0.15) is 44.5 Å². The number of fused-ring (bicyclic) bond motifs is 1. The summed E-state index contributed by atoms with van der Waals surface area (Å²) in [6, 6.07) is 80.6. The van der Waals surface area contributed by atoms with Crippen LogP contribution in [0.3, 0.4) is 0 Å². The van der Waals surface area contributed by atoms with Crippen LogP contribution in [0.25, 0.3) is 32.3 Å². The molecule has 0 amide bonds. The van der Waals surface area contributed by atoms with E-state index in [2.05, 4.69) is 217 Å². The molecule has 11 rings (SSSR count). The van der Waals surface area contributed by atoms with Crippen molar-refractivity contribution in [1.82, 2.24) is 0 Å². The zero-order chi connectivity index (χ0) is 39.9. The summed E-state index contributed by atoms with van der Waals surface area (Å²) in [4.78, 5) is 2.43. The van der Waals surface area contributed by atoms with Gasteiger partial charge in [-0.2, -0.15) is 0 Å². The van der Waals surface area contributed by atoms with Gasteiger partial charge < -0.3 is 4.90 Å². The Bertz CT molecular complexity index is 3240. The number of anilines is 3. The van der Waals surface area contributed by atoms with E-state index >= 15 is 0 Å². The van der Waals surface area contributed by atoms with Gasteiger partial charge in [0.25, 0.3) is 0 Å². The SMILES string of the molecule is C(#Cc1ccc(C2(c3ccc(C#Cc4ccccc4)cc3)c3cccc4ccc5cc(N(c6ccccc6)c6cccc7ccccc67)cc2c5c34)cc1)c1ccccc1. The molecule has 0 unspecified atom stereocenters. The molecule has 0 N–H and O–H groups in total. The lowest BCUT2D eigenvalue weighted by molar-refractivity contribution is 0.771. The van der Waals surface area contributed by atoms with Crippen LogP contribution in [0.2, 0.25) is 0 Å². The largest absolute Gasteiger partial charge is 0.310 e. The lowest BCUT2D eigenvalue weighted by atomic mass is 9.67. The van der Waals surface area contributed by atoms with E-state index < -0.39 is 5.41 Å². The van der Waals surface area contributed by atoms with Crippen molar-refractivity contribution in [2.24, 2.45) is 0 Å². The molecule has 60 heavy (non-hydrogen) atoms. The van der Waals surface area contributed by atoms with Crippen molar-refractivity contribution >= 4 is 49.4 Å². The minimum absolute atomic E-state index is 0.644. The van der Waals surface area contributed by atoms with E-state index in [1.54, 1.807) is 0 Å². The molecule has 0 aromatic heterocycles. The van der Waals surface area contributed by atoms with E-state index in [9.17, 15) is 0 Å². The van der Waals surface area contributed by atoms with Gasteiger partial charge in [0, 0.05) is 39.0 Å². The third-order valence-corrected chi connectivity index (χ3v) is 11.9. The highest BCUT2D eigenvalue weighted by Gasteiger charge is 2.45. The van der Waals surface area contributed by atoms with E-state index in [-0.39, 0.29) is 0 Å². The molecule has 10 aromatic rings. The lowest BCUT2D eigenvalue weighted by Crippen LogP contribution is -2.29. The fourth-order valence-corrected chi connectivity index (χ4v) is 9.24. The quantitative estimate of drug-likeness (QED) is 0.125. The van der Waals surface area contributed by atoms with Crippen molar-refractivity contribution in [3.05, 3.63) is 269 Å². The summed E-state index contributed by atoms with van der Waals surface area (Å²) in [5.74, 6) is 13.6. The molecule has 0 bridgehead atoms. The summed E-state index contributed by atoms with van der Waals surface area (Å²) >= 11 is 0. The van der Waals surface area contributed by atoms with E-state index in [1.165, 1.54) is 54.6 Å². The predicted octanol–water partition coefficient (Wildman–Crippen LogP) is 14.1. The maximum Gasteiger partial charge on any atom is 0.0714 e. The van der Waals surface area contributed by atoms with Crippen molar-refractivity contribution in [2.75, 3.05) is 4.90 Å². The van der Waals surface area contributed by atoms with Gasteiger partial charge in [-0.25, -0.2) is 0 Å². The van der Waals surface area contributed by atoms with Crippen LogP contribution < -0.4 is 4.90 Å². The molecular formula is C59H37N. The Hall–Kier alpha value is -8.10. The first kappa shape index (κ1) is 35.1. The van der Waals surface area contributed by atoms with Gasteiger partial charge in [-0.1, -0.05) is 169 Å². The molecule has 1 aliphatic rings. The molecule has 1 nitrogen and oxygen atoms in total. The molecule has 0 heterocycles. The average molecular weight is 760 g/mol. The second-order valence-corrected chi connectivity index (χ2v) is 15.4. The van der Waals surface area contributed by atoms with E-state index in [0.717, 1.165) is 39.3 Å². The molecule has 10 aromatic carbocycles. The van der Waals surface area contributed by atoms with Crippen molar-refractivity contribution in [1.29, 1.82) is 0 Å².